The highest BCUT2D eigenvalue weighted by Crippen LogP contribution is 2.38. The summed E-state index contributed by atoms with van der Waals surface area (Å²) in [6, 6.07) is 21.0. The summed E-state index contributed by atoms with van der Waals surface area (Å²) in [5.41, 5.74) is 3.29. The standard InChI is InChI=1S/C27H24ClN5O3S/c1-16-23(25(35)30-21-12-5-6-13-22(21)36-2)24(17-9-7-10-19(34)14-17)33-26(29-16)31-27(32-33)37-15-18-8-3-4-11-20(18)28/h3-14,24,34H,15H2,1-2H3,(H,30,35)(H,29,31,32). The van der Waals surface area contributed by atoms with Gasteiger partial charge < -0.3 is 20.5 Å². The van der Waals surface area contributed by atoms with Crippen molar-refractivity contribution in [2.75, 3.05) is 17.7 Å². The summed E-state index contributed by atoms with van der Waals surface area (Å²) in [4.78, 5) is 18.3. The van der Waals surface area contributed by atoms with E-state index in [0.717, 1.165) is 5.56 Å². The number of anilines is 2. The van der Waals surface area contributed by atoms with E-state index in [1.807, 2.05) is 49.4 Å². The maximum absolute atomic E-state index is 13.7. The first-order valence-electron chi connectivity index (χ1n) is 11.5. The molecule has 0 saturated heterocycles. The van der Waals surface area contributed by atoms with Crippen LogP contribution in [0.1, 0.15) is 24.1 Å². The van der Waals surface area contributed by atoms with Crippen molar-refractivity contribution >= 4 is 40.9 Å². The third-order valence-electron chi connectivity index (χ3n) is 5.93. The van der Waals surface area contributed by atoms with Crippen molar-refractivity contribution < 1.29 is 14.6 Å². The van der Waals surface area contributed by atoms with Crippen LogP contribution in [0.15, 0.2) is 89.2 Å². The molecule has 5 rings (SSSR count). The molecule has 1 aliphatic heterocycles. The molecule has 0 bridgehead atoms. The number of methoxy groups -OCH3 is 1. The summed E-state index contributed by atoms with van der Waals surface area (Å²) >= 11 is 7.76. The van der Waals surface area contributed by atoms with Crippen LogP contribution in [0.4, 0.5) is 11.6 Å². The minimum absolute atomic E-state index is 0.0909. The van der Waals surface area contributed by atoms with Crippen LogP contribution < -0.4 is 15.4 Å². The Labute approximate surface area is 223 Å². The smallest absolute Gasteiger partial charge is 0.255 e. The van der Waals surface area contributed by atoms with Gasteiger partial charge in [0.2, 0.25) is 11.1 Å². The van der Waals surface area contributed by atoms with E-state index >= 15 is 0 Å². The van der Waals surface area contributed by atoms with Crippen LogP contribution >= 0.6 is 23.4 Å². The Bertz CT molecular complexity index is 1500. The largest absolute Gasteiger partial charge is 0.508 e. The zero-order valence-corrected chi connectivity index (χ0v) is 21.7. The Kier molecular flexibility index (Phi) is 7.07. The number of para-hydroxylation sites is 2. The number of halogens is 1. The second-order valence-corrected chi connectivity index (χ2v) is 9.71. The van der Waals surface area contributed by atoms with Crippen molar-refractivity contribution in [1.29, 1.82) is 0 Å². The highest BCUT2D eigenvalue weighted by atomic mass is 35.5. The van der Waals surface area contributed by atoms with Crippen LogP contribution in [0.3, 0.4) is 0 Å². The van der Waals surface area contributed by atoms with Gasteiger partial charge in [-0.05, 0) is 48.4 Å². The van der Waals surface area contributed by atoms with Gasteiger partial charge in [-0.2, -0.15) is 4.98 Å². The number of fused-ring (bicyclic) bond motifs is 1. The molecular weight excluding hydrogens is 510 g/mol. The molecule has 188 valence electrons. The Hall–Kier alpha value is -3.95. The van der Waals surface area contributed by atoms with Gasteiger partial charge in [-0.25, -0.2) is 4.68 Å². The lowest BCUT2D eigenvalue weighted by Gasteiger charge is -2.28. The number of ether oxygens (including phenoxy) is 1. The number of aromatic hydroxyl groups is 1. The molecule has 1 unspecified atom stereocenters. The molecule has 0 saturated carbocycles. The molecule has 0 aliphatic carbocycles. The van der Waals surface area contributed by atoms with Crippen LogP contribution in [-0.2, 0) is 10.5 Å². The van der Waals surface area contributed by atoms with E-state index in [-0.39, 0.29) is 11.7 Å². The number of aromatic nitrogens is 3. The van der Waals surface area contributed by atoms with E-state index in [1.165, 1.54) is 11.8 Å². The number of hydrogen-bond acceptors (Lipinski definition) is 7. The fourth-order valence-corrected chi connectivity index (χ4v) is 5.30. The van der Waals surface area contributed by atoms with Gasteiger partial charge in [-0.15, -0.1) is 5.10 Å². The summed E-state index contributed by atoms with van der Waals surface area (Å²) in [7, 11) is 1.55. The van der Waals surface area contributed by atoms with Gasteiger partial charge in [0.15, 0.2) is 0 Å². The average Bonchev–Trinajstić information content (AvgIpc) is 3.30. The normalized spacial score (nSPS) is 14.6. The van der Waals surface area contributed by atoms with Gasteiger partial charge >= 0.3 is 0 Å². The molecule has 1 amide bonds. The first kappa shape index (κ1) is 24.7. The fraction of sp³-hybridized carbons (Fsp3) is 0.148. The molecule has 1 atom stereocenters. The van der Waals surface area contributed by atoms with E-state index < -0.39 is 6.04 Å². The van der Waals surface area contributed by atoms with E-state index in [1.54, 1.807) is 42.1 Å². The van der Waals surface area contributed by atoms with E-state index in [2.05, 4.69) is 15.6 Å². The molecule has 37 heavy (non-hydrogen) atoms. The third-order valence-corrected chi connectivity index (χ3v) is 7.19. The molecule has 4 aromatic rings. The highest BCUT2D eigenvalue weighted by Gasteiger charge is 2.35. The molecule has 3 N–H and O–H groups in total. The SMILES string of the molecule is COc1ccccc1NC(=O)C1=C(C)Nc2nc(SCc3ccccc3Cl)nn2C1c1cccc(O)c1. The Balaban J connectivity index is 1.51. The first-order valence-corrected chi connectivity index (χ1v) is 12.8. The van der Waals surface area contributed by atoms with Crippen molar-refractivity contribution in [2.45, 2.75) is 23.9 Å². The third kappa shape index (κ3) is 5.14. The maximum atomic E-state index is 13.7. The van der Waals surface area contributed by atoms with E-state index in [0.29, 0.717) is 50.2 Å². The van der Waals surface area contributed by atoms with Gasteiger partial charge in [0.25, 0.3) is 5.91 Å². The maximum Gasteiger partial charge on any atom is 0.255 e. The number of rotatable bonds is 7. The van der Waals surface area contributed by atoms with Crippen molar-refractivity contribution in [3.8, 4) is 11.5 Å². The molecular formula is C27H24ClN5O3S. The van der Waals surface area contributed by atoms with Crippen molar-refractivity contribution in [3.05, 3.63) is 100 Å². The van der Waals surface area contributed by atoms with E-state index in [4.69, 9.17) is 21.4 Å². The van der Waals surface area contributed by atoms with Crippen molar-refractivity contribution in [2.24, 2.45) is 0 Å². The number of nitrogens with one attached hydrogen (secondary N) is 2. The number of hydrogen-bond donors (Lipinski definition) is 3. The molecule has 3 aromatic carbocycles. The number of phenolic OH excluding ortho intramolecular Hbond substituents is 1. The van der Waals surface area contributed by atoms with Gasteiger partial charge in [-0.1, -0.05) is 65.8 Å². The number of benzene rings is 3. The number of amides is 1. The zero-order valence-electron chi connectivity index (χ0n) is 20.1. The Morgan fingerprint density at radius 1 is 1.16 bits per heavy atom. The minimum Gasteiger partial charge on any atom is -0.508 e. The van der Waals surface area contributed by atoms with Crippen LogP contribution in [0, 0.1) is 0 Å². The number of thioether (sulfide) groups is 1. The zero-order chi connectivity index (χ0) is 25.9. The summed E-state index contributed by atoms with van der Waals surface area (Å²) in [6.07, 6.45) is 0. The van der Waals surface area contributed by atoms with Crippen LogP contribution in [-0.4, -0.2) is 32.9 Å². The predicted molar refractivity (Wildman–Crippen MR) is 145 cm³/mol. The summed E-state index contributed by atoms with van der Waals surface area (Å²) in [5.74, 6) is 1.41. The molecule has 0 radical (unpaired) electrons. The number of allylic oxidation sites excluding steroid dienone is 1. The monoisotopic (exact) mass is 533 g/mol. The predicted octanol–water partition coefficient (Wildman–Crippen LogP) is 5.87. The number of phenols is 1. The second kappa shape index (κ2) is 10.6. The van der Waals surface area contributed by atoms with Crippen LogP contribution in [0.2, 0.25) is 5.02 Å². The molecule has 0 fully saturated rings. The number of carbonyl (C=O) groups excluding carboxylic acids is 1. The lowest BCUT2D eigenvalue weighted by Crippen LogP contribution is -2.31. The van der Waals surface area contributed by atoms with Crippen LogP contribution in [0.5, 0.6) is 11.5 Å². The lowest BCUT2D eigenvalue weighted by atomic mass is 9.95. The summed E-state index contributed by atoms with van der Waals surface area (Å²) in [5, 5.41) is 22.4. The minimum atomic E-state index is -0.625. The molecule has 1 aliphatic rings. The highest BCUT2D eigenvalue weighted by molar-refractivity contribution is 7.98. The van der Waals surface area contributed by atoms with Gasteiger partial charge in [0.1, 0.15) is 17.5 Å². The number of carbonyl (C=O) groups is 1. The van der Waals surface area contributed by atoms with Gasteiger partial charge in [0.05, 0.1) is 18.4 Å². The molecule has 10 heteroatoms. The Morgan fingerprint density at radius 2 is 1.95 bits per heavy atom. The topological polar surface area (TPSA) is 101 Å². The molecule has 8 nitrogen and oxygen atoms in total. The Morgan fingerprint density at radius 3 is 2.73 bits per heavy atom. The first-order chi connectivity index (χ1) is 17.9. The fourth-order valence-electron chi connectivity index (χ4n) is 4.19. The van der Waals surface area contributed by atoms with Crippen molar-refractivity contribution in [3.63, 3.8) is 0 Å². The summed E-state index contributed by atoms with van der Waals surface area (Å²) in [6.45, 7) is 1.82. The molecule has 1 aromatic heterocycles. The number of nitrogens with zero attached hydrogens (tertiary/aromatic N) is 3. The van der Waals surface area contributed by atoms with Gasteiger partial charge in [-0.3, -0.25) is 4.79 Å². The van der Waals surface area contributed by atoms with Crippen molar-refractivity contribution in [1.82, 2.24) is 14.8 Å². The molecule has 2 heterocycles. The second-order valence-electron chi connectivity index (χ2n) is 8.36. The average molecular weight is 534 g/mol. The van der Waals surface area contributed by atoms with E-state index in [9.17, 15) is 9.90 Å². The van der Waals surface area contributed by atoms with Crippen LogP contribution in [0.25, 0.3) is 0 Å². The quantitative estimate of drug-likeness (QED) is 0.255. The lowest BCUT2D eigenvalue weighted by molar-refractivity contribution is -0.113. The summed E-state index contributed by atoms with van der Waals surface area (Å²) < 4.78 is 7.07. The van der Waals surface area contributed by atoms with Gasteiger partial charge in [0, 0.05) is 16.5 Å². The molecule has 0 spiro atoms.